The molecule has 0 spiro atoms. The maximum atomic E-state index is 12.3. The molecule has 26 heavy (non-hydrogen) atoms. The predicted molar refractivity (Wildman–Crippen MR) is 94.8 cm³/mol. The normalized spacial score (nSPS) is 10.5. The molecule has 3 rings (SSSR count). The van der Waals surface area contributed by atoms with E-state index in [9.17, 15) is 9.90 Å². The molecule has 1 heterocycles. The lowest BCUT2D eigenvalue weighted by molar-refractivity contribution is -0.705. The average Bonchev–Trinajstić information content (AvgIpc) is 3.01. The van der Waals surface area contributed by atoms with Gasteiger partial charge >= 0.3 is 0 Å². The number of rotatable bonds is 6. The fourth-order valence-corrected chi connectivity index (χ4v) is 3.12. The SMILES string of the molecule is COc1ccc(Cl)cc1NC(=O)CSc1c([O-])on[n+]1-c1ccccc1. The first-order valence-electron chi connectivity index (χ1n) is 7.49. The summed E-state index contributed by atoms with van der Waals surface area (Å²) in [5.74, 6) is -0.455. The van der Waals surface area contributed by atoms with E-state index in [0.29, 0.717) is 22.1 Å². The molecule has 1 aromatic heterocycles. The number of aromatic nitrogens is 2. The number of hydrogen-bond acceptors (Lipinski definition) is 6. The molecule has 2 aromatic carbocycles. The first kappa shape index (κ1) is 18.1. The standard InChI is InChI=1S/C17H14ClN3O4S/c1-24-14-8-7-11(18)9-13(14)19-15(22)10-26-16-17(23)25-20-21(16)12-5-3-2-4-6-12/h2-9H,10H2,1H3,(H-,19,20,22,23). The van der Waals surface area contributed by atoms with Crippen LogP contribution >= 0.6 is 23.4 Å². The molecule has 0 saturated heterocycles. The predicted octanol–water partition coefficient (Wildman–Crippen LogP) is 2.42. The Hall–Kier alpha value is -2.71. The number of methoxy groups -OCH3 is 1. The van der Waals surface area contributed by atoms with Crippen LogP contribution in [0.2, 0.25) is 5.02 Å². The number of para-hydroxylation sites is 1. The number of thioether (sulfide) groups is 1. The van der Waals surface area contributed by atoms with Gasteiger partial charge in [0.15, 0.2) is 5.95 Å². The van der Waals surface area contributed by atoms with E-state index in [4.69, 9.17) is 20.9 Å². The highest BCUT2D eigenvalue weighted by molar-refractivity contribution is 7.99. The van der Waals surface area contributed by atoms with Crippen molar-refractivity contribution in [2.24, 2.45) is 0 Å². The van der Waals surface area contributed by atoms with E-state index in [1.807, 2.05) is 18.2 Å². The Morgan fingerprint density at radius 1 is 1.35 bits per heavy atom. The Balaban J connectivity index is 1.71. The number of nitrogens with one attached hydrogen (secondary N) is 1. The molecule has 0 atom stereocenters. The zero-order chi connectivity index (χ0) is 18.5. The third-order valence-corrected chi connectivity index (χ3v) is 4.60. The van der Waals surface area contributed by atoms with Crippen LogP contribution in [0.3, 0.4) is 0 Å². The summed E-state index contributed by atoms with van der Waals surface area (Å²) < 4.78 is 11.3. The largest absolute Gasteiger partial charge is 0.538 e. The van der Waals surface area contributed by atoms with Crippen molar-refractivity contribution in [1.29, 1.82) is 0 Å². The van der Waals surface area contributed by atoms with Crippen molar-refractivity contribution in [1.82, 2.24) is 5.27 Å². The molecule has 0 aliphatic rings. The van der Waals surface area contributed by atoms with Crippen molar-refractivity contribution in [2.45, 2.75) is 5.03 Å². The molecule has 0 radical (unpaired) electrons. The van der Waals surface area contributed by atoms with Gasteiger partial charge in [0, 0.05) is 17.2 Å². The molecule has 9 heteroatoms. The van der Waals surface area contributed by atoms with E-state index in [2.05, 4.69) is 10.6 Å². The monoisotopic (exact) mass is 391 g/mol. The van der Waals surface area contributed by atoms with E-state index < -0.39 is 5.95 Å². The Morgan fingerprint density at radius 3 is 2.85 bits per heavy atom. The molecule has 3 aromatic rings. The second-order valence-electron chi connectivity index (χ2n) is 5.09. The molecular formula is C17H14ClN3O4S. The Kier molecular flexibility index (Phi) is 5.65. The molecule has 0 fully saturated rings. The summed E-state index contributed by atoms with van der Waals surface area (Å²) in [7, 11) is 1.50. The number of halogens is 1. The van der Waals surface area contributed by atoms with Gasteiger partial charge in [-0.1, -0.05) is 29.8 Å². The van der Waals surface area contributed by atoms with Crippen molar-refractivity contribution in [3.8, 4) is 17.4 Å². The highest BCUT2D eigenvalue weighted by Gasteiger charge is 2.22. The number of benzene rings is 2. The summed E-state index contributed by atoms with van der Waals surface area (Å²) in [4.78, 5) is 12.3. The van der Waals surface area contributed by atoms with Crippen molar-refractivity contribution in [3.05, 3.63) is 53.6 Å². The molecule has 0 saturated carbocycles. The van der Waals surface area contributed by atoms with Crippen LogP contribution in [0.25, 0.3) is 5.69 Å². The maximum absolute atomic E-state index is 12.3. The Morgan fingerprint density at radius 2 is 2.12 bits per heavy atom. The topological polar surface area (TPSA) is 91.3 Å². The van der Waals surface area contributed by atoms with Crippen LogP contribution in [-0.4, -0.2) is 24.0 Å². The molecule has 1 N–H and O–H groups in total. The number of anilines is 1. The second kappa shape index (κ2) is 8.11. The lowest BCUT2D eigenvalue weighted by Crippen LogP contribution is -2.35. The van der Waals surface area contributed by atoms with Crippen LogP contribution < -0.4 is 19.8 Å². The van der Waals surface area contributed by atoms with E-state index in [1.165, 1.54) is 11.8 Å². The third-order valence-electron chi connectivity index (χ3n) is 3.35. The summed E-state index contributed by atoms with van der Waals surface area (Å²) in [6, 6.07) is 13.9. The highest BCUT2D eigenvalue weighted by Crippen LogP contribution is 2.28. The number of carbonyl (C=O) groups excluding carboxylic acids is 1. The second-order valence-corrected chi connectivity index (χ2v) is 6.49. The molecule has 0 unspecified atom stereocenters. The molecule has 1 amide bonds. The fraction of sp³-hybridized carbons (Fsp3) is 0.118. The van der Waals surface area contributed by atoms with Crippen molar-refractivity contribution in [3.63, 3.8) is 0 Å². The van der Waals surface area contributed by atoms with E-state index in [-0.39, 0.29) is 16.7 Å². The number of amides is 1. The highest BCUT2D eigenvalue weighted by atomic mass is 35.5. The zero-order valence-corrected chi connectivity index (χ0v) is 15.2. The van der Waals surface area contributed by atoms with Gasteiger partial charge in [-0.3, -0.25) is 4.79 Å². The van der Waals surface area contributed by atoms with Gasteiger partial charge in [0.05, 0.1) is 23.8 Å². The van der Waals surface area contributed by atoms with Crippen LogP contribution in [0, 0.1) is 0 Å². The minimum absolute atomic E-state index is 0.0149. The molecule has 0 aliphatic carbocycles. The Bertz CT molecular complexity index is 918. The van der Waals surface area contributed by atoms with E-state index in [0.717, 1.165) is 11.8 Å². The van der Waals surface area contributed by atoms with Gasteiger partial charge in [0.25, 0.3) is 5.03 Å². The molecular weight excluding hydrogens is 378 g/mol. The average molecular weight is 392 g/mol. The van der Waals surface area contributed by atoms with Crippen molar-refractivity contribution >= 4 is 35.0 Å². The number of carbonyl (C=O) groups is 1. The number of ether oxygens (including phenoxy) is 1. The van der Waals surface area contributed by atoms with Gasteiger partial charge in [-0.05, 0) is 34.6 Å². The fourth-order valence-electron chi connectivity index (χ4n) is 2.19. The van der Waals surface area contributed by atoms with Crippen LogP contribution in [-0.2, 0) is 4.79 Å². The summed E-state index contributed by atoms with van der Waals surface area (Å²) in [6.45, 7) is 0. The molecule has 7 nitrogen and oxygen atoms in total. The van der Waals surface area contributed by atoms with Gasteiger partial charge in [0.1, 0.15) is 5.75 Å². The number of hydrogen-bond donors (Lipinski definition) is 1. The smallest absolute Gasteiger partial charge is 0.298 e. The quantitative estimate of drug-likeness (QED) is 0.512. The number of nitrogens with zero attached hydrogens (tertiary/aromatic N) is 2. The first-order valence-corrected chi connectivity index (χ1v) is 8.85. The summed E-state index contributed by atoms with van der Waals surface area (Å²) >= 11 is 6.98. The van der Waals surface area contributed by atoms with Crippen LogP contribution in [0.15, 0.2) is 58.1 Å². The lowest BCUT2D eigenvalue weighted by atomic mass is 10.3. The summed E-state index contributed by atoms with van der Waals surface area (Å²) in [6.07, 6.45) is 0. The van der Waals surface area contributed by atoms with Crippen LogP contribution in [0.1, 0.15) is 0 Å². The summed E-state index contributed by atoms with van der Waals surface area (Å²) in [5.41, 5.74) is 1.12. The van der Waals surface area contributed by atoms with E-state index >= 15 is 0 Å². The van der Waals surface area contributed by atoms with Gasteiger partial charge in [0.2, 0.25) is 11.6 Å². The molecule has 134 valence electrons. The minimum Gasteiger partial charge on any atom is -0.538 e. The molecule has 0 aliphatic heterocycles. The molecule has 0 bridgehead atoms. The minimum atomic E-state index is -0.605. The zero-order valence-electron chi connectivity index (χ0n) is 13.6. The maximum Gasteiger partial charge on any atom is 0.298 e. The van der Waals surface area contributed by atoms with E-state index in [1.54, 1.807) is 30.3 Å². The summed E-state index contributed by atoms with van der Waals surface area (Å²) in [5, 5.41) is 19.0. The van der Waals surface area contributed by atoms with Gasteiger partial charge in [-0.15, -0.1) is 0 Å². The van der Waals surface area contributed by atoms with Gasteiger partial charge in [-0.25, -0.2) is 0 Å². The third kappa shape index (κ3) is 4.09. The lowest BCUT2D eigenvalue weighted by Gasteiger charge is -2.10. The Labute approximate surface area is 158 Å². The van der Waals surface area contributed by atoms with Crippen molar-refractivity contribution in [2.75, 3.05) is 18.2 Å². The van der Waals surface area contributed by atoms with Crippen molar-refractivity contribution < 1.29 is 23.8 Å². The van der Waals surface area contributed by atoms with Gasteiger partial charge in [-0.2, -0.15) is 0 Å². The van der Waals surface area contributed by atoms with Gasteiger partial charge < -0.3 is 19.7 Å². The van der Waals surface area contributed by atoms with Crippen LogP contribution in [0.4, 0.5) is 5.69 Å². The first-order chi connectivity index (χ1) is 12.6. The van der Waals surface area contributed by atoms with Crippen LogP contribution in [0.5, 0.6) is 11.7 Å².